The van der Waals surface area contributed by atoms with Crippen LogP contribution >= 0.6 is 11.6 Å². The third-order valence-electron chi connectivity index (χ3n) is 5.01. The molecule has 0 unspecified atom stereocenters. The third kappa shape index (κ3) is 4.28. The minimum atomic E-state index is -3.14. The Labute approximate surface area is 169 Å². The number of sulfonamides is 1. The Balaban J connectivity index is 1.76. The van der Waals surface area contributed by atoms with Gasteiger partial charge in [-0.3, -0.25) is 9.36 Å². The van der Waals surface area contributed by atoms with Crippen molar-refractivity contribution < 1.29 is 8.42 Å². The van der Waals surface area contributed by atoms with E-state index in [4.69, 9.17) is 11.6 Å². The molecule has 3 rings (SSSR count). The highest BCUT2D eigenvalue weighted by molar-refractivity contribution is 7.89. The zero-order valence-corrected chi connectivity index (χ0v) is 17.8. The van der Waals surface area contributed by atoms with Crippen LogP contribution in [-0.2, 0) is 10.0 Å². The Morgan fingerprint density at radius 3 is 2.57 bits per heavy atom. The summed E-state index contributed by atoms with van der Waals surface area (Å²) in [5.74, 6) is 0.641. The molecule has 0 radical (unpaired) electrons. The predicted octanol–water partition coefficient (Wildman–Crippen LogP) is 1.89. The molecule has 28 heavy (non-hydrogen) atoms. The van der Waals surface area contributed by atoms with Crippen LogP contribution in [-0.4, -0.2) is 57.6 Å². The van der Waals surface area contributed by atoms with Gasteiger partial charge in [0.05, 0.1) is 11.9 Å². The van der Waals surface area contributed by atoms with Gasteiger partial charge in [-0.15, -0.1) is 0 Å². The molecule has 2 aromatic heterocycles. The second-order valence-corrected chi connectivity index (χ2v) is 9.80. The Bertz CT molecular complexity index is 1020. The number of aromatic nitrogens is 4. The van der Waals surface area contributed by atoms with Gasteiger partial charge < -0.3 is 5.32 Å². The fourth-order valence-electron chi connectivity index (χ4n) is 3.39. The van der Waals surface area contributed by atoms with Gasteiger partial charge in [0.1, 0.15) is 5.52 Å². The summed E-state index contributed by atoms with van der Waals surface area (Å²) in [6.07, 6.45) is 3.00. The van der Waals surface area contributed by atoms with Crippen LogP contribution in [0.3, 0.4) is 0 Å². The Morgan fingerprint density at radius 2 is 1.96 bits per heavy atom. The molecular weight excluding hydrogens is 404 g/mol. The summed E-state index contributed by atoms with van der Waals surface area (Å²) in [6, 6.07) is -0.119. The standard InChI is InChI=1S/C17H25ClN6O3S/c1-4-28(26,27)23-7-5-12(6-8-23)9-19-14-16(25)24(11(2)3)15-13(21-14)10-20-17(18)22-15/h10-12H,4-9H2,1-3H3,(H,19,21). The van der Waals surface area contributed by atoms with Gasteiger partial charge in [0.15, 0.2) is 11.5 Å². The number of nitrogens with zero attached hydrogens (tertiary/aromatic N) is 5. The molecule has 0 aliphatic carbocycles. The first-order valence-electron chi connectivity index (χ1n) is 9.39. The monoisotopic (exact) mass is 428 g/mol. The first-order chi connectivity index (χ1) is 13.2. The molecule has 11 heteroatoms. The lowest BCUT2D eigenvalue weighted by molar-refractivity contribution is 0.282. The van der Waals surface area contributed by atoms with Crippen LogP contribution in [0.2, 0.25) is 5.28 Å². The Hall–Kier alpha value is -1.78. The number of piperidine rings is 1. The summed E-state index contributed by atoms with van der Waals surface area (Å²) in [6.45, 7) is 7.02. The first kappa shape index (κ1) is 20.9. The molecule has 1 aliphatic heterocycles. The summed E-state index contributed by atoms with van der Waals surface area (Å²) in [7, 11) is -3.14. The molecule has 0 amide bonds. The molecule has 0 spiro atoms. The van der Waals surface area contributed by atoms with Crippen LogP contribution in [0, 0.1) is 5.92 Å². The molecule has 2 aromatic rings. The van der Waals surface area contributed by atoms with Gasteiger partial charge in [-0.25, -0.2) is 22.7 Å². The number of rotatable bonds is 6. The molecule has 1 N–H and O–H groups in total. The highest BCUT2D eigenvalue weighted by Gasteiger charge is 2.27. The average Bonchev–Trinajstić information content (AvgIpc) is 2.66. The summed E-state index contributed by atoms with van der Waals surface area (Å²) >= 11 is 5.88. The van der Waals surface area contributed by atoms with Gasteiger partial charge in [0, 0.05) is 25.7 Å². The van der Waals surface area contributed by atoms with E-state index in [-0.39, 0.29) is 34.4 Å². The second-order valence-electron chi connectivity index (χ2n) is 7.20. The van der Waals surface area contributed by atoms with Crippen molar-refractivity contribution in [2.45, 2.75) is 39.7 Å². The highest BCUT2D eigenvalue weighted by atomic mass is 35.5. The van der Waals surface area contributed by atoms with E-state index in [9.17, 15) is 13.2 Å². The first-order valence-corrected chi connectivity index (χ1v) is 11.4. The van der Waals surface area contributed by atoms with Crippen molar-refractivity contribution in [1.29, 1.82) is 0 Å². The van der Waals surface area contributed by atoms with E-state index in [1.54, 1.807) is 15.8 Å². The number of nitrogens with one attached hydrogen (secondary N) is 1. The van der Waals surface area contributed by atoms with Crippen molar-refractivity contribution in [3.63, 3.8) is 0 Å². The summed E-state index contributed by atoms with van der Waals surface area (Å²) in [5.41, 5.74) is 0.635. The van der Waals surface area contributed by atoms with Gasteiger partial charge in [-0.1, -0.05) is 0 Å². The number of hydrogen-bond donors (Lipinski definition) is 1. The third-order valence-corrected chi connectivity index (χ3v) is 7.07. The van der Waals surface area contributed by atoms with Crippen LogP contribution in [0.1, 0.15) is 39.7 Å². The lowest BCUT2D eigenvalue weighted by Crippen LogP contribution is -2.40. The smallest absolute Gasteiger partial charge is 0.295 e. The van der Waals surface area contributed by atoms with Crippen LogP contribution in [0.4, 0.5) is 5.82 Å². The van der Waals surface area contributed by atoms with Gasteiger partial charge in [0.2, 0.25) is 15.3 Å². The number of anilines is 1. The molecule has 0 atom stereocenters. The molecule has 0 aromatic carbocycles. The maximum atomic E-state index is 12.9. The van der Waals surface area contributed by atoms with E-state index in [0.717, 1.165) is 12.8 Å². The fourth-order valence-corrected chi connectivity index (χ4v) is 4.65. The largest absolute Gasteiger partial charge is 0.365 e. The second kappa shape index (κ2) is 8.30. The summed E-state index contributed by atoms with van der Waals surface area (Å²) < 4.78 is 27.0. The van der Waals surface area contributed by atoms with Crippen LogP contribution in [0.15, 0.2) is 11.0 Å². The predicted molar refractivity (Wildman–Crippen MR) is 109 cm³/mol. The van der Waals surface area contributed by atoms with Gasteiger partial charge in [-0.2, -0.15) is 4.98 Å². The SMILES string of the molecule is CCS(=O)(=O)N1CCC(CNc2nc3cnc(Cl)nc3n(C(C)C)c2=O)CC1. The van der Waals surface area contributed by atoms with Crippen molar-refractivity contribution in [3.05, 3.63) is 21.8 Å². The molecule has 0 bridgehead atoms. The van der Waals surface area contributed by atoms with E-state index >= 15 is 0 Å². The van der Waals surface area contributed by atoms with Crippen molar-refractivity contribution in [2.24, 2.45) is 5.92 Å². The van der Waals surface area contributed by atoms with Crippen molar-refractivity contribution in [2.75, 3.05) is 30.7 Å². The molecule has 1 aliphatic rings. The van der Waals surface area contributed by atoms with Crippen molar-refractivity contribution in [1.82, 2.24) is 23.8 Å². The minimum Gasteiger partial charge on any atom is -0.365 e. The molecule has 0 saturated carbocycles. The summed E-state index contributed by atoms with van der Waals surface area (Å²) in [5, 5.41) is 3.22. The van der Waals surface area contributed by atoms with E-state index in [0.29, 0.717) is 30.8 Å². The lowest BCUT2D eigenvalue weighted by Gasteiger charge is -2.31. The minimum absolute atomic E-state index is 0.0672. The maximum absolute atomic E-state index is 12.9. The Kier molecular flexibility index (Phi) is 6.21. The maximum Gasteiger partial charge on any atom is 0.295 e. The van der Waals surface area contributed by atoms with Crippen LogP contribution in [0.5, 0.6) is 0 Å². The normalized spacial score (nSPS) is 16.8. The number of halogens is 1. The molecule has 9 nitrogen and oxygen atoms in total. The van der Waals surface area contributed by atoms with Gasteiger partial charge in [-0.05, 0) is 51.1 Å². The molecule has 154 valence electrons. The van der Waals surface area contributed by atoms with Crippen LogP contribution in [0.25, 0.3) is 11.2 Å². The topological polar surface area (TPSA) is 110 Å². The van der Waals surface area contributed by atoms with E-state index in [2.05, 4.69) is 20.3 Å². The van der Waals surface area contributed by atoms with Crippen molar-refractivity contribution >= 4 is 38.6 Å². The van der Waals surface area contributed by atoms with E-state index in [1.165, 1.54) is 6.20 Å². The van der Waals surface area contributed by atoms with Gasteiger partial charge in [0.25, 0.3) is 5.56 Å². The molecule has 1 fully saturated rings. The zero-order valence-electron chi connectivity index (χ0n) is 16.2. The molecule has 1 saturated heterocycles. The van der Waals surface area contributed by atoms with E-state index < -0.39 is 10.0 Å². The lowest BCUT2D eigenvalue weighted by atomic mass is 9.98. The van der Waals surface area contributed by atoms with E-state index in [1.807, 2.05) is 13.8 Å². The average molecular weight is 429 g/mol. The summed E-state index contributed by atoms with van der Waals surface area (Å²) in [4.78, 5) is 25.4. The van der Waals surface area contributed by atoms with Gasteiger partial charge >= 0.3 is 0 Å². The zero-order chi connectivity index (χ0) is 20.5. The molecular formula is C17H25ClN6O3S. The fraction of sp³-hybridized carbons (Fsp3) is 0.647. The van der Waals surface area contributed by atoms with Crippen molar-refractivity contribution in [3.8, 4) is 0 Å². The number of fused-ring (bicyclic) bond motifs is 1. The Morgan fingerprint density at radius 1 is 1.29 bits per heavy atom. The van der Waals surface area contributed by atoms with Crippen LogP contribution < -0.4 is 10.9 Å². The highest BCUT2D eigenvalue weighted by Crippen LogP contribution is 2.21. The number of hydrogen-bond acceptors (Lipinski definition) is 7. The quantitative estimate of drug-likeness (QED) is 0.699. The molecule has 3 heterocycles.